The lowest BCUT2D eigenvalue weighted by molar-refractivity contribution is 0.392. The molecule has 0 amide bonds. The Labute approximate surface area is 122 Å². The van der Waals surface area contributed by atoms with Gasteiger partial charge in [-0.3, -0.25) is 0 Å². The van der Waals surface area contributed by atoms with Gasteiger partial charge in [-0.25, -0.2) is 13.1 Å². The van der Waals surface area contributed by atoms with Crippen molar-refractivity contribution in [3.8, 4) is 0 Å². The standard InChI is InChI=1S/C14H25N3O2S/c1-5-10-15-20(18,19)14-9-7-6-8-13(14)16-12(2)11-17(3)4/h6-9,12,15-16H,5,10-11H2,1-4H3. The van der Waals surface area contributed by atoms with Gasteiger partial charge in [0.2, 0.25) is 10.0 Å². The Morgan fingerprint density at radius 2 is 1.90 bits per heavy atom. The fourth-order valence-corrected chi connectivity index (χ4v) is 3.30. The lowest BCUT2D eigenvalue weighted by Crippen LogP contribution is -2.31. The zero-order valence-electron chi connectivity index (χ0n) is 12.7. The summed E-state index contributed by atoms with van der Waals surface area (Å²) in [5.74, 6) is 0. The number of benzene rings is 1. The van der Waals surface area contributed by atoms with E-state index in [2.05, 4.69) is 14.9 Å². The fraction of sp³-hybridized carbons (Fsp3) is 0.571. The highest BCUT2D eigenvalue weighted by molar-refractivity contribution is 7.89. The number of nitrogens with zero attached hydrogens (tertiary/aromatic N) is 1. The average Bonchev–Trinajstić information content (AvgIpc) is 2.36. The minimum Gasteiger partial charge on any atom is -0.380 e. The maximum absolute atomic E-state index is 12.3. The molecular formula is C14H25N3O2S. The summed E-state index contributed by atoms with van der Waals surface area (Å²) in [6.45, 7) is 5.25. The van der Waals surface area contributed by atoms with Crippen molar-refractivity contribution in [1.29, 1.82) is 0 Å². The molecule has 1 unspecified atom stereocenters. The Kier molecular flexibility index (Phi) is 6.45. The van der Waals surface area contributed by atoms with Crippen LogP contribution >= 0.6 is 0 Å². The van der Waals surface area contributed by atoms with E-state index in [0.29, 0.717) is 17.1 Å². The molecule has 0 fully saturated rings. The molecule has 1 rings (SSSR count). The molecule has 0 radical (unpaired) electrons. The number of hydrogen-bond acceptors (Lipinski definition) is 4. The highest BCUT2D eigenvalue weighted by Gasteiger charge is 2.18. The molecule has 0 aliphatic carbocycles. The van der Waals surface area contributed by atoms with Gasteiger partial charge in [-0.2, -0.15) is 0 Å². The molecule has 0 heterocycles. The molecule has 1 atom stereocenters. The molecule has 1 aromatic rings. The Bertz CT molecular complexity index is 515. The van der Waals surface area contributed by atoms with Gasteiger partial charge >= 0.3 is 0 Å². The number of rotatable bonds is 8. The largest absolute Gasteiger partial charge is 0.380 e. The monoisotopic (exact) mass is 299 g/mol. The van der Waals surface area contributed by atoms with Gasteiger partial charge in [0, 0.05) is 19.1 Å². The molecule has 114 valence electrons. The lowest BCUT2D eigenvalue weighted by Gasteiger charge is -2.21. The van der Waals surface area contributed by atoms with Crippen molar-refractivity contribution >= 4 is 15.7 Å². The van der Waals surface area contributed by atoms with E-state index >= 15 is 0 Å². The molecule has 0 spiro atoms. The summed E-state index contributed by atoms with van der Waals surface area (Å²) >= 11 is 0. The van der Waals surface area contributed by atoms with Crippen molar-refractivity contribution in [2.24, 2.45) is 0 Å². The number of likely N-dealkylation sites (N-methyl/N-ethyl adjacent to an activating group) is 1. The van der Waals surface area contributed by atoms with Gasteiger partial charge < -0.3 is 10.2 Å². The molecule has 0 aliphatic rings. The Balaban J connectivity index is 2.93. The van der Waals surface area contributed by atoms with E-state index in [4.69, 9.17) is 0 Å². The summed E-state index contributed by atoms with van der Waals surface area (Å²) in [5.41, 5.74) is 0.644. The van der Waals surface area contributed by atoms with Crippen molar-refractivity contribution in [3.05, 3.63) is 24.3 Å². The molecule has 6 heteroatoms. The first kappa shape index (κ1) is 16.9. The maximum atomic E-state index is 12.3. The van der Waals surface area contributed by atoms with Crippen LogP contribution in [0.25, 0.3) is 0 Å². The third-order valence-electron chi connectivity index (χ3n) is 2.76. The van der Waals surface area contributed by atoms with Crippen molar-refractivity contribution in [1.82, 2.24) is 9.62 Å². The predicted octanol–water partition coefficient (Wildman–Crippen LogP) is 1.74. The summed E-state index contributed by atoms with van der Waals surface area (Å²) < 4.78 is 27.1. The second kappa shape index (κ2) is 7.61. The van der Waals surface area contributed by atoms with Crippen LogP contribution in [0.4, 0.5) is 5.69 Å². The van der Waals surface area contributed by atoms with E-state index in [0.717, 1.165) is 13.0 Å². The SMILES string of the molecule is CCCNS(=O)(=O)c1ccccc1NC(C)CN(C)C. The minimum absolute atomic E-state index is 0.160. The molecule has 0 saturated carbocycles. The van der Waals surface area contributed by atoms with Crippen LogP contribution in [0.15, 0.2) is 29.2 Å². The third-order valence-corrected chi connectivity index (χ3v) is 4.28. The molecule has 2 N–H and O–H groups in total. The zero-order valence-corrected chi connectivity index (χ0v) is 13.5. The van der Waals surface area contributed by atoms with Gasteiger partial charge in [0.1, 0.15) is 4.90 Å². The first-order valence-corrected chi connectivity index (χ1v) is 8.35. The predicted molar refractivity (Wildman–Crippen MR) is 83.6 cm³/mol. The van der Waals surface area contributed by atoms with Gasteiger partial charge in [0.05, 0.1) is 5.69 Å². The summed E-state index contributed by atoms with van der Waals surface area (Å²) in [6, 6.07) is 7.16. The molecular weight excluding hydrogens is 274 g/mol. The van der Waals surface area contributed by atoms with Gasteiger partial charge in [-0.15, -0.1) is 0 Å². The number of para-hydroxylation sites is 1. The van der Waals surface area contributed by atoms with Crippen molar-refractivity contribution in [2.45, 2.75) is 31.2 Å². The van der Waals surface area contributed by atoms with Crippen LogP contribution in [-0.4, -0.2) is 46.5 Å². The molecule has 0 aliphatic heterocycles. The molecule has 0 aromatic heterocycles. The summed E-state index contributed by atoms with van der Waals surface area (Å²) in [7, 11) is 0.526. The molecule has 1 aromatic carbocycles. The van der Waals surface area contributed by atoms with Crippen LogP contribution in [0.1, 0.15) is 20.3 Å². The van der Waals surface area contributed by atoms with Crippen molar-refractivity contribution in [2.75, 3.05) is 32.5 Å². The van der Waals surface area contributed by atoms with Crippen molar-refractivity contribution in [3.63, 3.8) is 0 Å². The number of nitrogens with one attached hydrogen (secondary N) is 2. The van der Waals surface area contributed by atoms with E-state index in [1.807, 2.05) is 34.0 Å². The second-order valence-electron chi connectivity index (χ2n) is 5.20. The van der Waals surface area contributed by atoms with Crippen LogP contribution in [0, 0.1) is 0 Å². The third kappa shape index (κ3) is 5.11. The normalized spacial score (nSPS) is 13.4. The van der Waals surface area contributed by atoms with E-state index < -0.39 is 10.0 Å². The van der Waals surface area contributed by atoms with Crippen LogP contribution in [0.3, 0.4) is 0 Å². The summed E-state index contributed by atoms with van der Waals surface area (Å²) in [4.78, 5) is 2.36. The van der Waals surface area contributed by atoms with Crippen LogP contribution in [-0.2, 0) is 10.0 Å². The maximum Gasteiger partial charge on any atom is 0.242 e. The van der Waals surface area contributed by atoms with Crippen LogP contribution < -0.4 is 10.0 Å². The Morgan fingerprint density at radius 3 is 2.50 bits per heavy atom. The van der Waals surface area contributed by atoms with E-state index in [1.165, 1.54) is 0 Å². The quantitative estimate of drug-likeness (QED) is 0.767. The fourth-order valence-electron chi connectivity index (χ4n) is 1.99. The van der Waals surface area contributed by atoms with Crippen molar-refractivity contribution < 1.29 is 8.42 Å². The molecule has 5 nitrogen and oxygen atoms in total. The Morgan fingerprint density at radius 1 is 1.25 bits per heavy atom. The van der Waals surface area contributed by atoms with Gasteiger partial charge in [0.15, 0.2) is 0 Å². The number of hydrogen-bond donors (Lipinski definition) is 2. The van der Waals surface area contributed by atoms with Crippen LogP contribution in [0.5, 0.6) is 0 Å². The summed E-state index contributed by atoms with van der Waals surface area (Å²) in [6.07, 6.45) is 0.770. The smallest absolute Gasteiger partial charge is 0.242 e. The molecule has 0 bridgehead atoms. The number of anilines is 1. The van der Waals surface area contributed by atoms with Gasteiger partial charge in [0.25, 0.3) is 0 Å². The first-order valence-electron chi connectivity index (χ1n) is 6.86. The topological polar surface area (TPSA) is 61.4 Å². The highest BCUT2D eigenvalue weighted by atomic mass is 32.2. The first-order chi connectivity index (χ1) is 9.36. The second-order valence-corrected chi connectivity index (χ2v) is 6.94. The highest BCUT2D eigenvalue weighted by Crippen LogP contribution is 2.21. The lowest BCUT2D eigenvalue weighted by atomic mass is 10.2. The molecule has 20 heavy (non-hydrogen) atoms. The zero-order chi connectivity index (χ0) is 15.2. The van der Waals surface area contributed by atoms with E-state index in [1.54, 1.807) is 18.2 Å². The van der Waals surface area contributed by atoms with Gasteiger partial charge in [-0.1, -0.05) is 19.1 Å². The van der Waals surface area contributed by atoms with E-state index in [-0.39, 0.29) is 6.04 Å². The van der Waals surface area contributed by atoms with E-state index in [9.17, 15) is 8.42 Å². The average molecular weight is 299 g/mol. The number of sulfonamides is 1. The Hall–Kier alpha value is -1.11. The minimum atomic E-state index is -3.45. The molecule has 0 saturated heterocycles. The van der Waals surface area contributed by atoms with Gasteiger partial charge in [-0.05, 0) is 39.6 Å². The summed E-state index contributed by atoms with van der Waals surface area (Å²) in [5, 5.41) is 3.26. The van der Waals surface area contributed by atoms with Crippen LogP contribution in [0.2, 0.25) is 0 Å².